The van der Waals surface area contributed by atoms with Gasteiger partial charge in [0.1, 0.15) is 18.1 Å². The van der Waals surface area contributed by atoms with Gasteiger partial charge in [0.2, 0.25) is 0 Å². The predicted octanol–water partition coefficient (Wildman–Crippen LogP) is 3.28. The molecule has 2 nitrogen and oxygen atoms in total. The van der Waals surface area contributed by atoms with E-state index in [1.54, 1.807) is 0 Å². The van der Waals surface area contributed by atoms with Crippen LogP contribution in [0.25, 0.3) is 0 Å². The molecule has 0 aromatic heterocycles. The molecule has 0 amide bonds. The third-order valence-corrected chi connectivity index (χ3v) is 3.55. The van der Waals surface area contributed by atoms with Crippen LogP contribution in [0.2, 0.25) is 0 Å². The van der Waals surface area contributed by atoms with Crippen LogP contribution in [0, 0.1) is 6.92 Å². The van der Waals surface area contributed by atoms with Gasteiger partial charge >= 0.3 is 0 Å². The molecule has 0 aliphatic carbocycles. The minimum atomic E-state index is -0.114. The zero-order valence-electron chi connectivity index (χ0n) is 10.9. The average Bonchev–Trinajstić information content (AvgIpc) is 2.82. The van der Waals surface area contributed by atoms with Crippen LogP contribution in [-0.4, -0.2) is 12.4 Å². The van der Waals surface area contributed by atoms with Gasteiger partial charge in [-0.15, -0.1) is 0 Å². The van der Waals surface area contributed by atoms with E-state index in [4.69, 9.17) is 4.74 Å². The van der Waals surface area contributed by atoms with Crippen LogP contribution in [0.5, 0.6) is 5.75 Å². The number of carbonyl (C=O) groups is 1. The van der Waals surface area contributed by atoms with Crippen molar-refractivity contribution in [3.8, 4) is 5.75 Å². The fourth-order valence-corrected chi connectivity index (χ4v) is 2.58. The summed E-state index contributed by atoms with van der Waals surface area (Å²) in [4.78, 5) is 12.4. The Labute approximate surface area is 113 Å². The topological polar surface area (TPSA) is 26.3 Å². The summed E-state index contributed by atoms with van der Waals surface area (Å²) in [6.45, 7) is 2.52. The van der Waals surface area contributed by atoms with Crippen molar-refractivity contribution in [3.05, 3.63) is 65.2 Å². The normalized spacial score (nSPS) is 16.8. The Morgan fingerprint density at radius 3 is 2.89 bits per heavy atom. The van der Waals surface area contributed by atoms with Crippen LogP contribution in [-0.2, 0) is 11.2 Å². The number of rotatable bonds is 3. The maximum atomic E-state index is 12.4. The minimum Gasteiger partial charge on any atom is -0.492 e. The summed E-state index contributed by atoms with van der Waals surface area (Å²) in [6.07, 6.45) is 0.476. The summed E-state index contributed by atoms with van der Waals surface area (Å²) < 4.78 is 5.57. The van der Waals surface area contributed by atoms with Crippen molar-refractivity contribution in [2.24, 2.45) is 0 Å². The molecule has 2 heteroatoms. The summed E-state index contributed by atoms with van der Waals surface area (Å²) in [6, 6.07) is 15.9. The molecule has 1 heterocycles. The SMILES string of the molecule is Cc1cccc(CC(=O)C2COc3ccccc32)c1. The minimum absolute atomic E-state index is 0.114. The molecule has 96 valence electrons. The Morgan fingerprint density at radius 2 is 2.05 bits per heavy atom. The van der Waals surface area contributed by atoms with Crippen molar-refractivity contribution in [1.82, 2.24) is 0 Å². The third-order valence-electron chi connectivity index (χ3n) is 3.55. The van der Waals surface area contributed by atoms with Crippen molar-refractivity contribution in [2.75, 3.05) is 6.61 Å². The number of ether oxygens (including phenoxy) is 1. The lowest BCUT2D eigenvalue weighted by Crippen LogP contribution is -2.16. The van der Waals surface area contributed by atoms with Crippen LogP contribution >= 0.6 is 0 Å². The molecule has 19 heavy (non-hydrogen) atoms. The summed E-state index contributed by atoms with van der Waals surface area (Å²) in [5.41, 5.74) is 3.29. The molecular weight excluding hydrogens is 236 g/mol. The van der Waals surface area contributed by atoms with Crippen LogP contribution in [0.15, 0.2) is 48.5 Å². The van der Waals surface area contributed by atoms with E-state index in [0.29, 0.717) is 13.0 Å². The number of hydrogen-bond acceptors (Lipinski definition) is 2. The first-order chi connectivity index (χ1) is 9.24. The van der Waals surface area contributed by atoms with E-state index in [1.165, 1.54) is 5.56 Å². The molecule has 0 radical (unpaired) electrons. The van der Waals surface area contributed by atoms with Crippen LogP contribution in [0.4, 0.5) is 0 Å². The van der Waals surface area contributed by atoms with Crippen LogP contribution < -0.4 is 4.74 Å². The van der Waals surface area contributed by atoms with Gasteiger partial charge in [-0.25, -0.2) is 0 Å². The smallest absolute Gasteiger partial charge is 0.148 e. The van der Waals surface area contributed by atoms with Gasteiger partial charge in [-0.2, -0.15) is 0 Å². The second kappa shape index (κ2) is 4.88. The first-order valence-electron chi connectivity index (χ1n) is 6.54. The van der Waals surface area contributed by atoms with Gasteiger partial charge in [0, 0.05) is 12.0 Å². The van der Waals surface area contributed by atoms with Gasteiger partial charge in [-0.3, -0.25) is 4.79 Å². The van der Waals surface area contributed by atoms with Gasteiger partial charge in [0.15, 0.2) is 0 Å². The highest BCUT2D eigenvalue weighted by atomic mass is 16.5. The van der Waals surface area contributed by atoms with E-state index in [0.717, 1.165) is 16.9 Å². The average molecular weight is 252 g/mol. The molecule has 1 aliphatic heterocycles. The molecule has 1 unspecified atom stereocenters. The van der Waals surface area contributed by atoms with E-state index in [1.807, 2.05) is 49.4 Å². The molecule has 3 rings (SSSR count). The fraction of sp³-hybridized carbons (Fsp3) is 0.235. The van der Waals surface area contributed by atoms with Crippen molar-refractivity contribution >= 4 is 5.78 Å². The van der Waals surface area contributed by atoms with E-state index < -0.39 is 0 Å². The third kappa shape index (κ3) is 2.39. The number of hydrogen-bond donors (Lipinski definition) is 0. The maximum Gasteiger partial charge on any atom is 0.148 e. The van der Waals surface area contributed by atoms with Crippen molar-refractivity contribution in [3.63, 3.8) is 0 Å². The summed E-state index contributed by atoms with van der Waals surface area (Å²) in [7, 11) is 0. The van der Waals surface area contributed by atoms with Crippen LogP contribution in [0.1, 0.15) is 22.6 Å². The molecule has 0 saturated heterocycles. The summed E-state index contributed by atoms with van der Waals surface area (Å²) in [5, 5.41) is 0. The Hall–Kier alpha value is -2.09. The van der Waals surface area contributed by atoms with Gasteiger partial charge < -0.3 is 4.74 Å². The molecule has 0 saturated carbocycles. The number of carbonyl (C=O) groups excluding carboxylic acids is 1. The highest BCUT2D eigenvalue weighted by Crippen LogP contribution is 2.34. The van der Waals surface area contributed by atoms with E-state index in [9.17, 15) is 4.79 Å². The molecule has 0 spiro atoms. The largest absolute Gasteiger partial charge is 0.492 e. The quantitative estimate of drug-likeness (QED) is 0.838. The second-order valence-corrected chi connectivity index (χ2v) is 5.03. The van der Waals surface area contributed by atoms with Gasteiger partial charge in [0.05, 0.1) is 5.92 Å². The molecule has 1 aliphatic rings. The molecular formula is C17H16O2. The fourth-order valence-electron chi connectivity index (χ4n) is 2.58. The highest BCUT2D eigenvalue weighted by Gasteiger charge is 2.29. The molecule has 0 N–H and O–H groups in total. The molecule has 0 fully saturated rings. The Bertz CT molecular complexity index is 616. The van der Waals surface area contributed by atoms with E-state index in [-0.39, 0.29) is 11.7 Å². The zero-order chi connectivity index (χ0) is 13.2. The Balaban J connectivity index is 1.79. The standard InChI is InChI=1S/C17H16O2/c1-12-5-4-6-13(9-12)10-16(18)15-11-19-17-8-3-2-7-14(15)17/h2-9,15H,10-11H2,1H3. The molecule has 0 bridgehead atoms. The number of para-hydroxylation sites is 1. The summed E-state index contributed by atoms with van der Waals surface area (Å²) >= 11 is 0. The van der Waals surface area contributed by atoms with Gasteiger partial charge in [-0.05, 0) is 18.6 Å². The molecule has 1 atom stereocenters. The first-order valence-corrected chi connectivity index (χ1v) is 6.54. The highest BCUT2D eigenvalue weighted by molar-refractivity contribution is 5.89. The zero-order valence-corrected chi connectivity index (χ0v) is 10.9. The Morgan fingerprint density at radius 1 is 1.21 bits per heavy atom. The number of Topliss-reactive ketones (excluding diaryl/α,β-unsaturated/α-hetero) is 1. The first kappa shape index (κ1) is 12.0. The maximum absolute atomic E-state index is 12.4. The number of benzene rings is 2. The number of fused-ring (bicyclic) bond motifs is 1. The van der Waals surface area contributed by atoms with E-state index >= 15 is 0 Å². The van der Waals surface area contributed by atoms with Gasteiger partial charge in [0.25, 0.3) is 0 Å². The molecule has 2 aromatic rings. The van der Waals surface area contributed by atoms with Gasteiger partial charge in [-0.1, -0.05) is 48.0 Å². The summed E-state index contributed by atoms with van der Waals surface area (Å²) in [5.74, 6) is 0.970. The predicted molar refractivity (Wildman–Crippen MR) is 74.6 cm³/mol. The Kier molecular flexibility index (Phi) is 3.08. The van der Waals surface area contributed by atoms with Crippen molar-refractivity contribution in [1.29, 1.82) is 0 Å². The monoisotopic (exact) mass is 252 g/mol. The lowest BCUT2D eigenvalue weighted by atomic mass is 9.92. The van der Waals surface area contributed by atoms with Crippen molar-refractivity contribution in [2.45, 2.75) is 19.3 Å². The van der Waals surface area contributed by atoms with Crippen LogP contribution in [0.3, 0.4) is 0 Å². The number of ketones is 1. The number of aryl methyl sites for hydroxylation is 1. The molecule has 2 aromatic carbocycles. The second-order valence-electron chi connectivity index (χ2n) is 5.03. The lowest BCUT2D eigenvalue weighted by Gasteiger charge is -2.08. The van der Waals surface area contributed by atoms with E-state index in [2.05, 4.69) is 6.07 Å². The van der Waals surface area contributed by atoms with Crippen molar-refractivity contribution < 1.29 is 9.53 Å². The lowest BCUT2D eigenvalue weighted by molar-refractivity contribution is -0.120.